The number of rotatable bonds is 14. The number of phenolic OH excluding ortho intramolecular Hbond substituents is 3. The lowest BCUT2D eigenvalue weighted by Gasteiger charge is -2.29. The summed E-state index contributed by atoms with van der Waals surface area (Å²) in [5, 5.41) is 30.4. The fourth-order valence-corrected chi connectivity index (χ4v) is 3.63. The summed E-state index contributed by atoms with van der Waals surface area (Å²) in [5.41, 5.74) is 1.28. The Kier molecular flexibility index (Phi) is 10.9. The second-order valence-corrected chi connectivity index (χ2v) is 8.99. The molecule has 7 heteroatoms. The molecule has 0 spiro atoms. The van der Waals surface area contributed by atoms with Crippen LogP contribution in [-0.2, 0) is 4.74 Å². The Morgan fingerprint density at radius 1 is 0.649 bits per heavy atom. The third kappa shape index (κ3) is 8.88. The van der Waals surface area contributed by atoms with Crippen molar-refractivity contribution < 1.29 is 20.1 Å². The molecule has 0 saturated carbocycles. The maximum Gasteiger partial charge on any atom is 0.124 e. The average Bonchev–Trinajstić information content (AvgIpc) is 2.90. The van der Waals surface area contributed by atoms with Crippen LogP contribution in [0.1, 0.15) is 36.5 Å². The van der Waals surface area contributed by atoms with Gasteiger partial charge in [-0.05, 0) is 42.8 Å². The van der Waals surface area contributed by atoms with E-state index in [4.69, 9.17) is 4.74 Å². The molecule has 7 nitrogen and oxygen atoms in total. The summed E-state index contributed by atoms with van der Waals surface area (Å²) in [6, 6.07) is 21.1. The van der Waals surface area contributed by atoms with Crippen molar-refractivity contribution >= 4 is 18.6 Å². The van der Waals surface area contributed by atoms with E-state index < -0.39 is 5.41 Å². The average molecular weight is 502 g/mol. The number of hydrogen-bond donors (Lipinski definition) is 3. The molecular formula is C30H35N3O4. The quantitative estimate of drug-likeness (QED) is 0.207. The van der Waals surface area contributed by atoms with Crippen LogP contribution in [0.4, 0.5) is 0 Å². The Balaban J connectivity index is 1.87. The molecule has 0 radical (unpaired) electrons. The van der Waals surface area contributed by atoms with Gasteiger partial charge in [-0.1, -0.05) is 49.7 Å². The highest BCUT2D eigenvalue weighted by atomic mass is 16.5. The molecule has 3 aromatic rings. The number of aromatic hydroxyl groups is 3. The Labute approximate surface area is 218 Å². The molecule has 194 valence electrons. The molecule has 0 bridgehead atoms. The van der Waals surface area contributed by atoms with Crippen LogP contribution in [0, 0.1) is 5.41 Å². The molecular weight excluding hydrogens is 466 g/mol. The van der Waals surface area contributed by atoms with Crippen LogP contribution in [0.5, 0.6) is 17.2 Å². The third-order valence-electron chi connectivity index (χ3n) is 5.83. The zero-order valence-corrected chi connectivity index (χ0v) is 21.2. The van der Waals surface area contributed by atoms with Gasteiger partial charge in [-0.2, -0.15) is 0 Å². The predicted molar refractivity (Wildman–Crippen MR) is 150 cm³/mol. The van der Waals surface area contributed by atoms with E-state index in [1.165, 1.54) is 0 Å². The highest BCUT2D eigenvalue weighted by molar-refractivity contribution is 5.84. The maximum absolute atomic E-state index is 10.1. The van der Waals surface area contributed by atoms with Gasteiger partial charge in [0.2, 0.25) is 0 Å². The van der Waals surface area contributed by atoms with Gasteiger partial charge in [0.15, 0.2) is 0 Å². The first-order valence-corrected chi connectivity index (χ1v) is 12.4. The maximum atomic E-state index is 10.1. The zero-order chi connectivity index (χ0) is 26.3. The van der Waals surface area contributed by atoms with Crippen molar-refractivity contribution in [2.75, 3.05) is 32.8 Å². The SMILES string of the molecule is CCCCOCC(CN=Cc1ccccc1O)(CN=Cc1ccccc1O)CN=Cc1ccccc1O. The number of unbranched alkanes of at least 4 members (excludes halogenated alkanes) is 1. The first-order chi connectivity index (χ1) is 18.0. The fraction of sp³-hybridized carbons (Fsp3) is 0.300. The Bertz CT molecular complexity index is 1070. The van der Waals surface area contributed by atoms with E-state index in [2.05, 4.69) is 21.9 Å². The van der Waals surface area contributed by atoms with E-state index in [1.807, 2.05) is 18.2 Å². The van der Waals surface area contributed by atoms with E-state index in [0.29, 0.717) is 49.5 Å². The van der Waals surface area contributed by atoms with Crippen molar-refractivity contribution in [1.29, 1.82) is 0 Å². The van der Waals surface area contributed by atoms with Gasteiger partial charge < -0.3 is 20.1 Å². The molecule has 0 heterocycles. The van der Waals surface area contributed by atoms with Gasteiger partial charge in [0.1, 0.15) is 17.2 Å². The van der Waals surface area contributed by atoms with Crippen LogP contribution in [-0.4, -0.2) is 66.8 Å². The smallest absolute Gasteiger partial charge is 0.124 e. The predicted octanol–water partition coefficient (Wildman–Crippen LogP) is 5.26. The first-order valence-electron chi connectivity index (χ1n) is 12.4. The second-order valence-electron chi connectivity index (χ2n) is 8.99. The standard InChI is InChI=1S/C30H35N3O4/c1-2-3-16-37-23-30(20-31-17-24-10-4-7-13-27(24)34,21-32-18-25-11-5-8-14-28(25)35)22-33-19-26-12-6-9-15-29(26)36/h4-15,17-19,34-36H,2-3,16,20-23H2,1H3. The van der Waals surface area contributed by atoms with Gasteiger partial charge in [-0.25, -0.2) is 0 Å². The van der Waals surface area contributed by atoms with Crippen molar-refractivity contribution in [2.45, 2.75) is 19.8 Å². The molecule has 0 unspecified atom stereocenters. The van der Waals surface area contributed by atoms with Gasteiger partial charge in [0.25, 0.3) is 0 Å². The van der Waals surface area contributed by atoms with Gasteiger partial charge in [0.05, 0.1) is 31.7 Å². The molecule has 37 heavy (non-hydrogen) atoms. The summed E-state index contributed by atoms with van der Waals surface area (Å²) in [6.07, 6.45) is 6.91. The van der Waals surface area contributed by atoms with E-state index in [1.54, 1.807) is 73.2 Å². The van der Waals surface area contributed by atoms with Crippen molar-refractivity contribution in [1.82, 2.24) is 0 Å². The topological polar surface area (TPSA) is 107 Å². The summed E-state index contributed by atoms with van der Waals surface area (Å²) >= 11 is 0. The monoisotopic (exact) mass is 501 g/mol. The summed E-state index contributed by atoms with van der Waals surface area (Å²) < 4.78 is 6.05. The second kappa shape index (κ2) is 14.6. The van der Waals surface area contributed by atoms with Crippen LogP contribution in [0.25, 0.3) is 0 Å². The molecule has 3 N–H and O–H groups in total. The minimum Gasteiger partial charge on any atom is -0.507 e. The van der Waals surface area contributed by atoms with Gasteiger partial charge >= 0.3 is 0 Å². The van der Waals surface area contributed by atoms with Gasteiger partial charge in [-0.15, -0.1) is 0 Å². The molecule has 3 aromatic carbocycles. The van der Waals surface area contributed by atoms with E-state index >= 15 is 0 Å². The van der Waals surface area contributed by atoms with E-state index in [0.717, 1.165) is 12.8 Å². The molecule has 0 amide bonds. The number of phenols is 3. The lowest BCUT2D eigenvalue weighted by atomic mass is 9.89. The third-order valence-corrected chi connectivity index (χ3v) is 5.83. The fourth-order valence-electron chi connectivity index (χ4n) is 3.63. The summed E-state index contributed by atoms with van der Waals surface area (Å²) in [6.45, 7) is 4.16. The minimum atomic E-state index is -0.587. The summed E-state index contributed by atoms with van der Waals surface area (Å²) in [4.78, 5) is 13.9. The number of aliphatic imine (C=N–C) groups is 3. The lowest BCUT2D eigenvalue weighted by Crippen LogP contribution is -2.37. The molecule has 0 saturated heterocycles. The van der Waals surface area contributed by atoms with Crippen molar-refractivity contribution in [2.24, 2.45) is 20.4 Å². The number of para-hydroxylation sites is 3. The highest BCUT2D eigenvalue weighted by Crippen LogP contribution is 2.23. The minimum absolute atomic E-state index is 0.159. The number of hydrogen-bond acceptors (Lipinski definition) is 7. The zero-order valence-electron chi connectivity index (χ0n) is 21.2. The molecule has 0 aliphatic carbocycles. The first kappa shape index (κ1) is 27.6. The molecule has 0 aliphatic heterocycles. The van der Waals surface area contributed by atoms with Crippen LogP contribution < -0.4 is 0 Å². The van der Waals surface area contributed by atoms with Gasteiger partial charge in [0, 0.05) is 41.9 Å². The largest absolute Gasteiger partial charge is 0.507 e. The Morgan fingerprint density at radius 3 is 1.38 bits per heavy atom. The Morgan fingerprint density at radius 2 is 1.03 bits per heavy atom. The van der Waals surface area contributed by atoms with Crippen LogP contribution in [0.2, 0.25) is 0 Å². The molecule has 0 aliphatic rings. The lowest BCUT2D eigenvalue weighted by molar-refractivity contribution is 0.0556. The van der Waals surface area contributed by atoms with E-state index in [9.17, 15) is 15.3 Å². The molecule has 0 aromatic heterocycles. The number of benzene rings is 3. The normalized spacial score (nSPS) is 13.5. The van der Waals surface area contributed by atoms with Crippen molar-refractivity contribution in [3.63, 3.8) is 0 Å². The van der Waals surface area contributed by atoms with E-state index in [-0.39, 0.29) is 17.2 Å². The number of nitrogens with zero attached hydrogens (tertiary/aromatic N) is 3. The van der Waals surface area contributed by atoms with Gasteiger partial charge in [-0.3, -0.25) is 15.0 Å². The van der Waals surface area contributed by atoms with Crippen LogP contribution >= 0.6 is 0 Å². The molecule has 3 rings (SSSR count). The Hall–Kier alpha value is -3.97. The van der Waals surface area contributed by atoms with Crippen LogP contribution in [0.3, 0.4) is 0 Å². The van der Waals surface area contributed by atoms with Crippen molar-refractivity contribution in [3.05, 3.63) is 89.5 Å². The summed E-state index contributed by atoms with van der Waals surface area (Å²) in [7, 11) is 0. The molecule has 0 atom stereocenters. The highest BCUT2D eigenvalue weighted by Gasteiger charge is 2.30. The summed E-state index contributed by atoms with van der Waals surface area (Å²) in [5.74, 6) is 0.476. The van der Waals surface area contributed by atoms with Crippen LogP contribution in [0.15, 0.2) is 87.8 Å². The molecule has 0 fully saturated rings. The van der Waals surface area contributed by atoms with Crippen molar-refractivity contribution in [3.8, 4) is 17.2 Å². The number of ether oxygens (including phenoxy) is 1.